The fourth-order valence-corrected chi connectivity index (χ4v) is 2.12. The van der Waals surface area contributed by atoms with Gasteiger partial charge < -0.3 is 18.9 Å². The third-order valence-electron chi connectivity index (χ3n) is 3.37. The second-order valence-corrected chi connectivity index (χ2v) is 5.07. The molecule has 5 nitrogen and oxygen atoms in total. The van der Waals surface area contributed by atoms with E-state index in [0.29, 0.717) is 22.6 Å². The predicted molar refractivity (Wildman–Crippen MR) is 91.5 cm³/mol. The molecule has 138 valence electrons. The van der Waals surface area contributed by atoms with Crippen molar-refractivity contribution in [3.05, 3.63) is 59.7 Å². The van der Waals surface area contributed by atoms with E-state index < -0.39 is 12.6 Å². The summed E-state index contributed by atoms with van der Waals surface area (Å²) in [6, 6.07) is 11.1. The van der Waals surface area contributed by atoms with Crippen molar-refractivity contribution < 1.29 is 32.5 Å². The number of carbonyl (C=O) groups excluding carboxylic acids is 1. The van der Waals surface area contributed by atoms with Gasteiger partial charge in [0.15, 0.2) is 0 Å². The van der Waals surface area contributed by atoms with Crippen LogP contribution < -0.4 is 14.2 Å². The van der Waals surface area contributed by atoms with Gasteiger partial charge in [-0.05, 0) is 42.0 Å². The fraction of sp³-hybridized carbons (Fsp3) is 0.211. The van der Waals surface area contributed by atoms with Crippen molar-refractivity contribution in [1.82, 2.24) is 0 Å². The average Bonchev–Trinajstić information content (AvgIpc) is 2.65. The van der Waals surface area contributed by atoms with E-state index in [4.69, 9.17) is 14.2 Å². The molecule has 0 aliphatic heterocycles. The highest BCUT2D eigenvalue weighted by atomic mass is 19.3. The summed E-state index contributed by atoms with van der Waals surface area (Å²) in [5.41, 5.74) is 1.31. The normalized spacial score (nSPS) is 10.8. The van der Waals surface area contributed by atoms with Crippen LogP contribution in [0.3, 0.4) is 0 Å². The summed E-state index contributed by atoms with van der Waals surface area (Å²) in [4.78, 5) is 11.9. The number of hydrogen-bond donors (Lipinski definition) is 0. The first-order valence-corrected chi connectivity index (χ1v) is 7.62. The van der Waals surface area contributed by atoms with Gasteiger partial charge in [0.1, 0.15) is 23.9 Å². The summed E-state index contributed by atoms with van der Waals surface area (Å²) in [6.45, 7) is -2.86. The van der Waals surface area contributed by atoms with Crippen LogP contribution in [0.15, 0.2) is 48.5 Å². The van der Waals surface area contributed by atoms with Crippen molar-refractivity contribution in [2.45, 2.75) is 13.2 Å². The molecule has 0 unspecified atom stereocenters. The number of rotatable bonds is 8. The molecule has 0 N–H and O–H groups in total. The minimum absolute atomic E-state index is 0.0186. The predicted octanol–water partition coefficient (Wildman–Crippen LogP) is 4.06. The maximum absolute atomic E-state index is 12.1. The van der Waals surface area contributed by atoms with Crippen LogP contribution in [0.2, 0.25) is 0 Å². The van der Waals surface area contributed by atoms with Crippen molar-refractivity contribution in [3.8, 4) is 17.2 Å². The topological polar surface area (TPSA) is 54.0 Å². The second-order valence-electron chi connectivity index (χ2n) is 5.07. The highest BCUT2D eigenvalue weighted by molar-refractivity contribution is 5.87. The Balaban J connectivity index is 1.93. The first-order chi connectivity index (χ1) is 12.5. The van der Waals surface area contributed by atoms with Crippen LogP contribution in [-0.2, 0) is 16.1 Å². The molecule has 0 spiro atoms. The highest BCUT2D eigenvalue weighted by Crippen LogP contribution is 2.24. The molecule has 26 heavy (non-hydrogen) atoms. The lowest BCUT2D eigenvalue weighted by Crippen LogP contribution is -2.03. The van der Waals surface area contributed by atoms with Crippen LogP contribution in [0.4, 0.5) is 8.78 Å². The zero-order chi connectivity index (χ0) is 18.9. The van der Waals surface area contributed by atoms with E-state index in [-0.39, 0.29) is 12.4 Å². The van der Waals surface area contributed by atoms with Crippen LogP contribution in [0, 0.1) is 0 Å². The van der Waals surface area contributed by atoms with Gasteiger partial charge in [0.2, 0.25) is 0 Å². The number of hydrogen-bond acceptors (Lipinski definition) is 5. The molecule has 0 aromatic heterocycles. The van der Waals surface area contributed by atoms with E-state index in [1.807, 2.05) is 0 Å². The van der Waals surface area contributed by atoms with Gasteiger partial charge in [-0.2, -0.15) is 8.78 Å². The summed E-state index contributed by atoms with van der Waals surface area (Å²) < 4.78 is 44.0. The Morgan fingerprint density at radius 1 is 1.04 bits per heavy atom. The minimum atomic E-state index is -2.88. The molecule has 0 fully saturated rings. The molecule has 0 aliphatic carbocycles. The number of esters is 1. The number of carbonyl (C=O) groups is 1. The molecule has 0 aliphatic rings. The Bertz CT molecular complexity index is 757. The first-order valence-electron chi connectivity index (χ1n) is 7.62. The summed E-state index contributed by atoms with van der Waals surface area (Å²) in [7, 11) is 3.06. The molecular formula is C19H18F2O5. The quantitative estimate of drug-likeness (QED) is 0.522. The second kappa shape index (κ2) is 9.41. The van der Waals surface area contributed by atoms with Crippen LogP contribution in [0.5, 0.6) is 17.2 Å². The maximum Gasteiger partial charge on any atom is 0.387 e. The molecular weight excluding hydrogens is 346 g/mol. The molecule has 0 bridgehead atoms. The highest BCUT2D eigenvalue weighted by Gasteiger charge is 2.08. The number of benzene rings is 2. The van der Waals surface area contributed by atoms with E-state index >= 15 is 0 Å². The number of alkyl halides is 2. The Morgan fingerprint density at radius 3 is 2.35 bits per heavy atom. The summed E-state index contributed by atoms with van der Waals surface area (Å²) >= 11 is 0. The zero-order valence-electron chi connectivity index (χ0n) is 14.3. The standard InChI is InChI=1S/C19H18F2O5/c1-23-16-8-9-17(24-2)14(11-16)12-25-18(22)10-5-13-3-6-15(7-4-13)26-19(20)21/h3-11,19H,12H2,1-2H3/b10-5+. The lowest BCUT2D eigenvalue weighted by atomic mass is 10.2. The average molecular weight is 364 g/mol. The van der Waals surface area contributed by atoms with Gasteiger partial charge in [-0.25, -0.2) is 4.79 Å². The molecule has 0 saturated heterocycles. The van der Waals surface area contributed by atoms with Gasteiger partial charge in [-0.15, -0.1) is 0 Å². The van der Waals surface area contributed by atoms with E-state index in [0.717, 1.165) is 0 Å². The Hall–Kier alpha value is -3.09. The Labute approximate surface area is 149 Å². The number of halogens is 2. The van der Waals surface area contributed by atoms with Crippen molar-refractivity contribution >= 4 is 12.0 Å². The van der Waals surface area contributed by atoms with Gasteiger partial charge in [-0.1, -0.05) is 12.1 Å². The van der Waals surface area contributed by atoms with Gasteiger partial charge in [0.25, 0.3) is 0 Å². The van der Waals surface area contributed by atoms with Crippen molar-refractivity contribution in [3.63, 3.8) is 0 Å². The third kappa shape index (κ3) is 5.77. The van der Waals surface area contributed by atoms with E-state index in [9.17, 15) is 13.6 Å². The third-order valence-corrected chi connectivity index (χ3v) is 3.37. The van der Waals surface area contributed by atoms with Gasteiger partial charge in [-0.3, -0.25) is 0 Å². The van der Waals surface area contributed by atoms with E-state index in [1.165, 1.54) is 38.5 Å². The number of methoxy groups -OCH3 is 2. The lowest BCUT2D eigenvalue weighted by molar-refractivity contribution is -0.138. The van der Waals surface area contributed by atoms with Gasteiger partial charge in [0.05, 0.1) is 14.2 Å². The zero-order valence-corrected chi connectivity index (χ0v) is 14.3. The fourth-order valence-electron chi connectivity index (χ4n) is 2.12. The lowest BCUT2D eigenvalue weighted by Gasteiger charge is -2.10. The van der Waals surface area contributed by atoms with Crippen molar-refractivity contribution in [2.24, 2.45) is 0 Å². The molecule has 0 amide bonds. The monoisotopic (exact) mass is 364 g/mol. The summed E-state index contributed by atoms with van der Waals surface area (Å²) in [6.07, 6.45) is 2.76. The Kier molecular flexibility index (Phi) is 6.96. The maximum atomic E-state index is 12.1. The Morgan fingerprint density at radius 2 is 1.73 bits per heavy atom. The van der Waals surface area contributed by atoms with Crippen LogP contribution in [0.1, 0.15) is 11.1 Å². The SMILES string of the molecule is COc1ccc(OC)c(COC(=O)/C=C/c2ccc(OC(F)F)cc2)c1. The molecule has 0 heterocycles. The van der Waals surface area contributed by atoms with Crippen LogP contribution >= 0.6 is 0 Å². The molecule has 7 heteroatoms. The van der Waals surface area contributed by atoms with Crippen LogP contribution in [-0.4, -0.2) is 26.8 Å². The molecule has 0 atom stereocenters. The van der Waals surface area contributed by atoms with E-state index in [1.54, 1.807) is 30.3 Å². The number of ether oxygens (including phenoxy) is 4. The molecule has 0 radical (unpaired) electrons. The molecule has 2 rings (SSSR count). The largest absolute Gasteiger partial charge is 0.497 e. The molecule has 0 saturated carbocycles. The molecule has 2 aromatic carbocycles. The molecule has 2 aromatic rings. The van der Waals surface area contributed by atoms with E-state index in [2.05, 4.69) is 4.74 Å². The van der Waals surface area contributed by atoms with Gasteiger partial charge >= 0.3 is 12.6 Å². The van der Waals surface area contributed by atoms with Crippen molar-refractivity contribution in [2.75, 3.05) is 14.2 Å². The summed E-state index contributed by atoms with van der Waals surface area (Å²) in [5.74, 6) is 0.698. The van der Waals surface area contributed by atoms with Crippen LogP contribution in [0.25, 0.3) is 6.08 Å². The minimum Gasteiger partial charge on any atom is -0.497 e. The summed E-state index contributed by atoms with van der Waals surface area (Å²) in [5, 5.41) is 0. The van der Waals surface area contributed by atoms with Crippen molar-refractivity contribution in [1.29, 1.82) is 0 Å². The first kappa shape index (κ1) is 19.2. The smallest absolute Gasteiger partial charge is 0.387 e. The van der Waals surface area contributed by atoms with Gasteiger partial charge in [0, 0.05) is 11.6 Å².